The zero-order chi connectivity index (χ0) is 14.5. The van der Waals surface area contributed by atoms with Crippen molar-refractivity contribution < 1.29 is 0 Å². The van der Waals surface area contributed by atoms with Crippen LogP contribution in [0.3, 0.4) is 0 Å². The van der Waals surface area contributed by atoms with E-state index in [1.54, 1.807) is 11.3 Å². The minimum Gasteiger partial charge on any atom is -0.329 e. The topological polar surface area (TPSA) is 29.3 Å². The molecule has 2 N–H and O–H groups in total. The lowest BCUT2D eigenvalue weighted by molar-refractivity contribution is 0.209. The highest BCUT2D eigenvalue weighted by molar-refractivity contribution is 9.13. The van der Waals surface area contributed by atoms with Gasteiger partial charge in [0.15, 0.2) is 0 Å². The van der Waals surface area contributed by atoms with Crippen LogP contribution in [0.4, 0.5) is 0 Å². The summed E-state index contributed by atoms with van der Waals surface area (Å²) in [6, 6.07) is 2.60. The molecule has 20 heavy (non-hydrogen) atoms. The molecule has 1 aliphatic rings. The Hall–Kier alpha value is 0.580. The van der Waals surface area contributed by atoms with Crippen molar-refractivity contribution in [3.63, 3.8) is 0 Å². The van der Waals surface area contributed by atoms with E-state index in [0.717, 1.165) is 10.4 Å². The van der Waals surface area contributed by atoms with Crippen molar-refractivity contribution in [1.29, 1.82) is 0 Å². The molecular weight excluding hydrogens is 400 g/mol. The van der Waals surface area contributed by atoms with Gasteiger partial charge in [-0.25, -0.2) is 0 Å². The third-order valence-electron chi connectivity index (χ3n) is 4.24. The standard InChI is InChI=1S/C15H24Br2N2S/c1-2-4-11-5-3-7-19(8-6-11)13(10-18)14-9-12(16)15(17)20-14/h9,11,13H,2-8,10,18H2,1H3. The molecule has 5 heteroatoms. The molecule has 1 aromatic rings. The van der Waals surface area contributed by atoms with E-state index in [1.807, 2.05) is 0 Å². The molecular formula is C15H24Br2N2S. The van der Waals surface area contributed by atoms with Crippen LogP contribution in [0.15, 0.2) is 14.3 Å². The highest BCUT2D eigenvalue weighted by atomic mass is 79.9. The van der Waals surface area contributed by atoms with Crippen molar-refractivity contribution in [2.75, 3.05) is 19.6 Å². The van der Waals surface area contributed by atoms with E-state index in [1.165, 1.54) is 53.9 Å². The maximum atomic E-state index is 6.07. The van der Waals surface area contributed by atoms with E-state index in [-0.39, 0.29) is 0 Å². The van der Waals surface area contributed by atoms with Gasteiger partial charge in [-0.3, -0.25) is 4.90 Å². The quantitative estimate of drug-likeness (QED) is 0.707. The molecule has 0 radical (unpaired) electrons. The van der Waals surface area contributed by atoms with Crippen LogP contribution in [0, 0.1) is 5.92 Å². The Balaban J connectivity index is 2.04. The molecule has 1 saturated heterocycles. The van der Waals surface area contributed by atoms with E-state index < -0.39 is 0 Å². The van der Waals surface area contributed by atoms with E-state index in [9.17, 15) is 0 Å². The summed E-state index contributed by atoms with van der Waals surface area (Å²) < 4.78 is 2.32. The molecule has 2 heterocycles. The molecule has 1 aromatic heterocycles. The lowest BCUT2D eigenvalue weighted by Crippen LogP contribution is -2.34. The largest absolute Gasteiger partial charge is 0.329 e. The maximum Gasteiger partial charge on any atom is 0.0843 e. The molecule has 2 nitrogen and oxygen atoms in total. The van der Waals surface area contributed by atoms with Gasteiger partial charge in [0.05, 0.1) is 9.83 Å². The van der Waals surface area contributed by atoms with Gasteiger partial charge in [-0.2, -0.15) is 0 Å². The summed E-state index contributed by atoms with van der Waals surface area (Å²) in [5.41, 5.74) is 6.07. The van der Waals surface area contributed by atoms with E-state index >= 15 is 0 Å². The van der Waals surface area contributed by atoms with Gasteiger partial charge in [0, 0.05) is 15.9 Å². The molecule has 0 aliphatic carbocycles. The van der Waals surface area contributed by atoms with Crippen molar-refractivity contribution in [3.05, 3.63) is 19.2 Å². The van der Waals surface area contributed by atoms with Gasteiger partial charge in [-0.1, -0.05) is 19.8 Å². The number of nitrogens with zero attached hydrogens (tertiary/aromatic N) is 1. The van der Waals surface area contributed by atoms with Crippen LogP contribution in [-0.2, 0) is 0 Å². The first-order chi connectivity index (χ1) is 9.65. The Morgan fingerprint density at radius 3 is 2.80 bits per heavy atom. The average Bonchev–Trinajstić information content (AvgIpc) is 2.64. The normalized spacial score (nSPS) is 22.7. The number of rotatable bonds is 5. The molecule has 0 spiro atoms. The lowest BCUT2D eigenvalue weighted by atomic mass is 9.96. The highest BCUT2D eigenvalue weighted by Gasteiger charge is 2.24. The van der Waals surface area contributed by atoms with Gasteiger partial charge in [0.1, 0.15) is 0 Å². The second-order valence-corrected chi connectivity index (χ2v) is 8.90. The monoisotopic (exact) mass is 422 g/mol. The van der Waals surface area contributed by atoms with Crippen molar-refractivity contribution in [2.45, 2.75) is 45.1 Å². The van der Waals surface area contributed by atoms with Crippen LogP contribution < -0.4 is 5.73 Å². The van der Waals surface area contributed by atoms with Gasteiger partial charge >= 0.3 is 0 Å². The number of thiophene rings is 1. The Bertz CT molecular complexity index is 403. The summed E-state index contributed by atoms with van der Waals surface area (Å²) in [4.78, 5) is 3.97. The third-order valence-corrected chi connectivity index (χ3v) is 7.59. The summed E-state index contributed by atoms with van der Waals surface area (Å²) >= 11 is 8.99. The summed E-state index contributed by atoms with van der Waals surface area (Å²) in [5.74, 6) is 0.922. The summed E-state index contributed by atoms with van der Waals surface area (Å²) in [6.07, 6.45) is 6.74. The van der Waals surface area contributed by atoms with Crippen LogP contribution in [0.1, 0.15) is 49.9 Å². The lowest BCUT2D eigenvalue weighted by Gasteiger charge is -2.29. The fraction of sp³-hybridized carbons (Fsp3) is 0.733. The van der Waals surface area contributed by atoms with Crippen LogP contribution in [0.25, 0.3) is 0 Å². The molecule has 0 aromatic carbocycles. The molecule has 2 atom stereocenters. The van der Waals surface area contributed by atoms with Gasteiger partial charge < -0.3 is 5.73 Å². The number of hydrogen-bond acceptors (Lipinski definition) is 3. The number of halogens is 2. The van der Waals surface area contributed by atoms with Crippen molar-refractivity contribution in [2.24, 2.45) is 11.7 Å². The number of likely N-dealkylation sites (tertiary alicyclic amines) is 1. The average molecular weight is 424 g/mol. The van der Waals surface area contributed by atoms with Crippen LogP contribution in [0.5, 0.6) is 0 Å². The molecule has 0 bridgehead atoms. The first-order valence-electron chi connectivity index (χ1n) is 7.54. The van der Waals surface area contributed by atoms with E-state index in [2.05, 4.69) is 49.7 Å². The van der Waals surface area contributed by atoms with Crippen molar-refractivity contribution in [1.82, 2.24) is 4.90 Å². The molecule has 114 valence electrons. The molecule has 1 aliphatic heterocycles. The summed E-state index contributed by atoms with van der Waals surface area (Å²) in [6.45, 7) is 5.39. The molecule has 1 fully saturated rings. The minimum atomic E-state index is 0.378. The minimum absolute atomic E-state index is 0.378. The SMILES string of the molecule is CCCC1CCCN(C(CN)c2cc(Br)c(Br)s2)CC1. The zero-order valence-corrected chi connectivity index (χ0v) is 16.1. The molecule has 0 amide bonds. The number of hydrogen-bond donors (Lipinski definition) is 1. The summed E-state index contributed by atoms with van der Waals surface area (Å²) in [7, 11) is 0. The predicted octanol–water partition coefficient (Wildman–Crippen LogP) is 5.18. The zero-order valence-electron chi connectivity index (χ0n) is 12.1. The van der Waals surface area contributed by atoms with Crippen LogP contribution in [0.2, 0.25) is 0 Å². The first kappa shape index (κ1) is 16.9. The molecule has 2 unspecified atom stereocenters. The van der Waals surface area contributed by atoms with Crippen molar-refractivity contribution >= 4 is 43.2 Å². The third kappa shape index (κ3) is 4.29. The maximum absolute atomic E-state index is 6.07. The molecule has 0 saturated carbocycles. The Morgan fingerprint density at radius 2 is 2.20 bits per heavy atom. The van der Waals surface area contributed by atoms with Gasteiger partial charge in [0.25, 0.3) is 0 Å². The fourth-order valence-corrected chi connectivity index (χ4v) is 5.41. The second kappa shape index (κ2) is 8.28. The van der Waals surface area contributed by atoms with Gasteiger partial charge in [0.2, 0.25) is 0 Å². The Kier molecular flexibility index (Phi) is 7.01. The first-order valence-corrected chi connectivity index (χ1v) is 9.94. The Labute approximate surface area is 143 Å². The van der Waals surface area contributed by atoms with Crippen LogP contribution in [-0.4, -0.2) is 24.5 Å². The summed E-state index contributed by atoms with van der Waals surface area (Å²) in [5, 5.41) is 0. The predicted molar refractivity (Wildman–Crippen MR) is 95.3 cm³/mol. The Morgan fingerprint density at radius 1 is 1.40 bits per heavy atom. The fourth-order valence-electron chi connectivity index (χ4n) is 3.17. The second-order valence-electron chi connectivity index (χ2n) is 5.64. The van der Waals surface area contributed by atoms with E-state index in [0.29, 0.717) is 12.6 Å². The smallest absolute Gasteiger partial charge is 0.0843 e. The van der Waals surface area contributed by atoms with Gasteiger partial charge in [-0.15, -0.1) is 11.3 Å². The van der Waals surface area contributed by atoms with Crippen molar-refractivity contribution in [3.8, 4) is 0 Å². The van der Waals surface area contributed by atoms with Crippen LogP contribution >= 0.6 is 43.2 Å². The van der Waals surface area contributed by atoms with E-state index in [4.69, 9.17) is 5.73 Å². The highest BCUT2D eigenvalue weighted by Crippen LogP contribution is 2.38. The molecule has 2 rings (SSSR count). The van der Waals surface area contributed by atoms with Gasteiger partial charge in [-0.05, 0) is 76.2 Å². The number of nitrogens with two attached hydrogens (primary N) is 1.